The molecule has 0 amide bonds. The number of nitrogens with one attached hydrogen (secondary N) is 2. The fourth-order valence-corrected chi connectivity index (χ4v) is 2.55. The third-order valence-electron chi connectivity index (χ3n) is 3.81. The van der Waals surface area contributed by atoms with Crippen molar-refractivity contribution in [2.45, 2.75) is 39.5 Å². The Morgan fingerprint density at radius 3 is 2.67 bits per heavy atom. The summed E-state index contributed by atoms with van der Waals surface area (Å²) in [6.45, 7) is 5.90. The molecule has 0 fully saturated rings. The van der Waals surface area contributed by atoms with Crippen LogP contribution in [0.1, 0.15) is 37.4 Å². The van der Waals surface area contributed by atoms with Crippen LogP contribution in [0.15, 0.2) is 30.3 Å². The molecule has 0 atom stereocenters. The molecule has 0 radical (unpaired) electrons. The van der Waals surface area contributed by atoms with E-state index >= 15 is 0 Å². The maximum atomic E-state index is 5.39. The zero-order valence-corrected chi connectivity index (χ0v) is 14.9. The molecule has 2 N–H and O–H groups in total. The average Bonchev–Trinajstić information content (AvgIpc) is 2.59. The van der Waals surface area contributed by atoms with Crippen LogP contribution in [-0.2, 0) is 6.42 Å². The highest BCUT2D eigenvalue weighted by atomic mass is 16.5. The van der Waals surface area contributed by atoms with Gasteiger partial charge in [0.05, 0.1) is 7.11 Å². The largest absolute Gasteiger partial charge is 0.496 e. The normalized spacial score (nSPS) is 10.5. The molecule has 0 unspecified atom stereocenters. The van der Waals surface area contributed by atoms with Crippen LogP contribution >= 0.6 is 0 Å². The standard InChI is InChI=1S/C19H28N4O/c1-4-5-8-12-21-19-22-15(2)14-18(23-19)20-13-11-16-9-6-7-10-17(16)24-3/h6-7,9-10,14H,4-5,8,11-13H2,1-3H3,(H2,20,21,22,23). The molecule has 2 aromatic rings. The van der Waals surface area contributed by atoms with E-state index < -0.39 is 0 Å². The fraction of sp³-hybridized carbons (Fsp3) is 0.474. The lowest BCUT2D eigenvalue weighted by Crippen LogP contribution is -2.11. The topological polar surface area (TPSA) is 59.1 Å². The van der Waals surface area contributed by atoms with Crippen LogP contribution < -0.4 is 15.4 Å². The van der Waals surface area contributed by atoms with Gasteiger partial charge in [-0.3, -0.25) is 0 Å². The first-order valence-corrected chi connectivity index (χ1v) is 8.68. The monoisotopic (exact) mass is 328 g/mol. The van der Waals surface area contributed by atoms with Gasteiger partial charge in [0.2, 0.25) is 5.95 Å². The highest BCUT2D eigenvalue weighted by Crippen LogP contribution is 2.18. The van der Waals surface area contributed by atoms with Crippen molar-refractivity contribution in [3.63, 3.8) is 0 Å². The summed E-state index contributed by atoms with van der Waals surface area (Å²) in [6, 6.07) is 10.1. The van der Waals surface area contributed by atoms with Gasteiger partial charge in [-0.25, -0.2) is 4.98 Å². The minimum absolute atomic E-state index is 0.700. The molecule has 24 heavy (non-hydrogen) atoms. The molecule has 0 bridgehead atoms. The number of methoxy groups -OCH3 is 1. The van der Waals surface area contributed by atoms with Crippen molar-refractivity contribution in [1.82, 2.24) is 9.97 Å². The number of rotatable bonds is 10. The summed E-state index contributed by atoms with van der Waals surface area (Å²) >= 11 is 0. The minimum atomic E-state index is 0.700. The van der Waals surface area contributed by atoms with E-state index in [1.54, 1.807) is 7.11 Å². The second-order valence-corrected chi connectivity index (χ2v) is 5.84. The van der Waals surface area contributed by atoms with E-state index in [1.165, 1.54) is 18.4 Å². The molecule has 130 valence electrons. The second kappa shape index (κ2) is 9.75. The third kappa shape index (κ3) is 5.72. The first kappa shape index (κ1) is 18.0. The third-order valence-corrected chi connectivity index (χ3v) is 3.81. The molecular weight excluding hydrogens is 300 g/mol. The van der Waals surface area contributed by atoms with E-state index in [0.717, 1.165) is 43.2 Å². The molecule has 5 nitrogen and oxygen atoms in total. The molecule has 0 aliphatic heterocycles. The van der Waals surface area contributed by atoms with E-state index in [9.17, 15) is 0 Å². The smallest absolute Gasteiger partial charge is 0.224 e. The van der Waals surface area contributed by atoms with Crippen molar-refractivity contribution < 1.29 is 4.74 Å². The zero-order valence-electron chi connectivity index (χ0n) is 14.9. The summed E-state index contributed by atoms with van der Waals surface area (Å²) in [5.74, 6) is 2.48. The number of aromatic nitrogens is 2. The number of unbranched alkanes of at least 4 members (excludes halogenated alkanes) is 2. The van der Waals surface area contributed by atoms with Gasteiger partial charge < -0.3 is 15.4 Å². The summed E-state index contributed by atoms with van der Waals surface area (Å²) in [4.78, 5) is 8.98. The van der Waals surface area contributed by atoms with E-state index in [1.807, 2.05) is 31.2 Å². The van der Waals surface area contributed by atoms with E-state index in [-0.39, 0.29) is 0 Å². The summed E-state index contributed by atoms with van der Waals surface area (Å²) in [7, 11) is 1.70. The number of nitrogens with zero attached hydrogens (tertiary/aromatic N) is 2. The van der Waals surface area contributed by atoms with Gasteiger partial charge >= 0.3 is 0 Å². The van der Waals surface area contributed by atoms with Crippen molar-refractivity contribution in [1.29, 1.82) is 0 Å². The molecule has 2 rings (SSSR count). The highest BCUT2D eigenvalue weighted by Gasteiger charge is 2.04. The maximum absolute atomic E-state index is 5.39. The van der Waals surface area contributed by atoms with Gasteiger partial charge in [0.1, 0.15) is 11.6 Å². The van der Waals surface area contributed by atoms with Crippen LogP contribution in [0.25, 0.3) is 0 Å². The van der Waals surface area contributed by atoms with E-state index in [4.69, 9.17) is 4.74 Å². The van der Waals surface area contributed by atoms with Crippen LogP contribution in [0.5, 0.6) is 5.75 Å². The number of benzene rings is 1. The predicted molar refractivity (Wildman–Crippen MR) is 100.0 cm³/mol. The summed E-state index contributed by atoms with van der Waals surface area (Å²) < 4.78 is 5.39. The number of hydrogen-bond acceptors (Lipinski definition) is 5. The quantitative estimate of drug-likeness (QED) is 0.644. The van der Waals surface area contributed by atoms with Crippen LogP contribution in [0.2, 0.25) is 0 Å². The Hall–Kier alpha value is -2.30. The summed E-state index contributed by atoms with van der Waals surface area (Å²) in [6.07, 6.45) is 4.46. The lowest BCUT2D eigenvalue weighted by Gasteiger charge is -2.11. The molecule has 0 spiro atoms. The molecule has 0 saturated heterocycles. The molecule has 1 aromatic heterocycles. The Labute approximate surface area is 144 Å². The Kier molecular flexibility index (Phi) is 7.33. The van der Waals surface area contributed by atoms with Crippen LogP contribution in [-0.4, -0.2) is 30.2 Å². The SMILES string of the molecule is CCCCCNc1nc(C)cc(NCCc2ccccc2OC)n1. The number of ether oxygens (including phenoxy) is 1. The Morgan fingerprint density at radius 1 is 1.04 bits per heavy atom. The molecule has 0 aliphatic carbocycles. The van der Waals surface area contributed by atoms with Crippen molar-refractivity contribution in [2.75, 3.05) is 30.8 Å². The van der Waals surface area contributed by atoms with Gasteiger partial charge in [0.15, 0.2) is 0 Å². The molecular formula is C19H28N4O. The number of anilines is 2. The van der Waals surface area contributed by atoms with E-state index in [0.29, 0.717) is 5.95 Å². The number of para-hydroxylation sites is 1. The fourth-order valence-electron chi connectivity index (χ4n) is 2.55. The summed E-state index contributed by atoms with van der Waals surface area (Å²) in [5, 5.41) is 6.69. The Balaban J connectivity index is 1.88. The molecule has 1 heterocycles. The van der Waals surface area contributed by atoms with Crippen LogP contribution in [0.4, 0.5) is 11.8 Å². The van der Waals surface area contributed by atoms with Gasteiger partial charge in [-0.1, -0.05) is 38.0 Å². The van der Waals surface area contributed by atoms with Gasteiger partial charge in [-0.2, -0.15) is 4.98 Å². The van der Waals surface area contributed by atoms with Crippen molar-refractivity contribution in [3.8, 4) is 5.75 Å². The highest BCUT2D eigenvalue weighted by molar-refractivity contribution is 5.42. The predicted octanol–water partition coefficient (Wildman–Crippen LogP) is 4.05. The molecule has 0 saturated carbocycles. The van der Waals surface area contributed by atoms with Crippen LogP contribution in [0, 0.1) is 6.92 Å². The van der Waals surface area contributed by atoms with Crippen molar-refractivity contribution in [2.24, 2.45) is 0 Å². The molecule has 5 heteroatoms. The summed E-state index contributed by atoms with van der Waals surface area (Å²) in [5.41, 5.74) is 2.15. The first-order valence-electron chi connectivity index (χ1n) is 8.68. The Bertz CT molecular complexity index is 631. The van der Waals surface area contributed by atoms with Gasteiger partial charge in [-0.05, 0) is 31.4 Å². The lowest BCUT2D eigenvalue weighted by atomic mass is 10.1. The number of aryl methyl sites for hydroxylation is 1. The number of hydrogen-bond donors (Lipinski definition) is 2. The first-order chi connectivity index (χ1) is 11.7. The van der Waals surface area contributed by atoms with Crippen LogP contribution in [0.3, 0.4) is 0 Å². The Morgan fingerprint density at radius 2 is 1.88 bits per heavy atom. The van der Waals surface area contributed by atoms with E-state index in [2.05, 4.69) is 33.6 Å². The molecule has 0 aliphatic rings. The van der Waals surface area contributed by atoms with Gasteiger partial charge in [-0.15, -0.1) is 0 Å². The minimum Gasteiger partial charge on any atom is -0.496 e. The van der Waals surface area contributed by atoms with Crippen molar-refractivity contribution in [3.05, 3.63) is 41.6 Å². The second-order valence-electron chi connectivity index (χ2n) is 5.84. The molecule has 1 aromatic carbocycles. The zero-order chi connectivity index (χ0) is 17.2. The van der Waals surface area contributed by atoms with Gasteiger partial charge in [0.25, 0.3) is 0 Å². The van der Waals surface area contributed by atoms with Crippen molar-refractivity contribution >= 4 is 11.8 Å². The van der Waals surface area contributed by atoms with Gasteiger partial charge in [0, 0.05) is 24.8 Å². The maximum Gasteiger partial charge on any atom is 0.224 e. The average molecular weight is 328 g/mol. The lowest BCUT2D eigenvalue weighted by molar-refractivity contribution is 0.410.